The van der Waals surface area contributed by atoms with Gasteiger partial charge in [-0.15, -0.1) is 5.10 Å². The summed E-state index contributed by atoms with van der Waals surface area (Å²) in [6, 6.07) is 7.33. The Kier molecular flexibility index (Phi) is 3.53. The SMILES string of the molecule is C[C@@H](Nc1nnc(-c2ccc(Cl)cc2)o1)C(=O)N1CC2(CC2)[C@H]1C. The summed E-state index contributed by atoms with van der Waals surface area (Å²) in [6.45, 7) is 4.82. The molecular formula is C17H19ClN4O2. The maximum atomic E-state index is 12.5. The molecule has 2 heterocycles. The van der Waals surface area contributed by atoms with E-state index >= 15 is 0 Å². The van der Waals surface area contributed by atoms with Crippen LogP contribution in [0.4, 0.5) is 6.01 Å². The van der Waals surface area contributed by atoms with Crippen LogP contribution in [0.3, 0.4) is 0 Å². The molecule has 6 nitrogen and oxygen atoms in total. The zero-order valence-corrected chi connectivity index (χ0v) is 14.4. The molecule has 1 saturated heterocycles. The summed E-state index contributed by atoms with van der Waals surface area (Å²) in [5.74, 6) is 0.467. The van der Waals surface area contributed by atoms with Crippen LogP contribution in [0.15, 0.2) is 28.7 Å². The number of halogens is 1. The number of likely N-dealkylation sites (tertiary alicyclic amines) is 1. The van der Waals surface area contributed by atoms with E-state index in [0.29, 0.717) is 22.4 Å². The molecule has 1 spiro atoms. The van der Waals surface area contributed by atoms with Crippen LogP contribution < -0.4 is 5.32 Å². The molecule has 1 aromatic carbocycles. The minimum Gasteiger partial charge on any atom is -0.403 e. The van der Waals surface area contributed by atoms with Crippen molar-refractivity contribution < 1.29 is 9.21 Å². The highest BCUT2D eigenvalue weighted by Gasteiger charge is 2.59. The predicted molar refractivity (Wildman–Crippen MR) is 90.7 cm³/mol. The fourth-order valence-corrected chi connectivity index (χ4v) is 3.44. The van der Waals surface area contributed by atoms with Crippen molar-refractivity contribution in [2.75, 3.05) is 11.9 Å². The predicted octanol–water partition coefficient (Wildman–Crippen LogP) is 3.20. The Morgan fingerprint density at radius 2 is 2.08 bits per heavy atom. The Morgan fingerprint density at radius 1 is 1.38 bits per heavy atom. The minimum atomic E-state index is -0.401. The standard InChI is InChI=1S/C17H19ClN4O2/c1-10(15(23)22-9-17(7-8-17)11(22)2)19-16-21-20-14(24-16)12-3-5-13(18)6-4-12/h3-6,10-11H,7-9H2,1-2H3,(H,19,21)/t10-,11-/m1/s1. The number of hydrogen-bond acceptors (Lipinski definition) is 5. The van der Waals surface area contributed by atoms with E-state index < -0.39 is 6.04 Å². The van der Waals surface area contributed by atoms with E-state index in [9.17, 15) is 4.79 Å². The van der Waals surface area contributed by atoms with Crippen molar-refractivity contribution in [1.82, 2.24) is 15.1 Å². The van der Waals surface area contributed by atoms with Crippen molar-refractivity contribution in [3.8, 4) is 11.5 Å². The Balaban J connectivity index is 1.40. The molecule has 24 heavy (non-hydrogen) atoms. The molecule has 2 aliphatic rings. The van der Waals surface area contributed by atoms with Gasteiger partial charge in [-0.3, -0.25) is 4.79 Å². The maximum absolute atomic E-state index is 12.5. The molecule has 1 N–H and O–H groups in total. The Hall–Kier alpha value is -2.08. The number of carbonyl (C=O) groups excluding carboxylic acids is 1. The first-order valence-corrected chi connectivity index (χ1v) is 8.53. The minimum absolute atomic E-state index is 0.0752. The number of aromatic nitrogens is 2. The number of carbonyl (C=O) groups is 1. The zero-order valence-electron chi connectivity index (χ0n) is 13.6. The third kappa shape index (κ3) is 2.55. The molecule has 1 aliphatic heterocycles. The van der Waals surface area contributed by atoms with Crippen LogP contribution in [-0.2, 0) is 4.79 Å². The van der Waals surface area contributed by atoms with E-state index in [0.717, 1.165) is 12.1 Å². The molecule has 126 valence electrons. The number of nitrogens with one attached hydrogen (secondary N) is 1. The van der Waals surface area contributed by atoms with E-state index in [2.05, 4.69) is 22.4 Å². The van der Waals surface area contributed by atoms with E-state index in [1.165, 1.54) is 12.8 Å². The van der Waals surface area contributed by atoms with E-state index in [1.54, 1.807) is 12.1 Å². The van der Waals surface area contributed by atoms with Gasteiger partial charge < -0.3 is 14.6 Å². The van der Waals surface area contributed by atoms with Gasteiger partial charge in [0, 0.05) is 28.6 Å². The monoisotopic (exact) mass is 346 g/mol. The molecule has 1 saturated carbocycles. The van der Waals surface area contributed by atoms with Gasteiger partial charge in [0.2, 0.25) is 11.8 Å². The van der Waals surface area contributed by atoms with Gasteiger partial charge in [0.05, 0.1) is 0 Å². The average molecular weight is 347 g/mol. The summed E-state index contributed by atoms with van der Waals surface area (Å²) >= 11 is 5.87. The van der Waals surface area contributed by atoms with Crippen molar-refractivity contribution in [1.29, 1.82) is 0 Å². The maximum Gasteiger partial charge on any atom is 0.316 e. The van der Waals surface area contributed by atoms with Gasteiger partial charge in [0.25, 0.3) is 0 Å². The molecule has 1 aromatic heterocycles. The molecule has 2 atom stereocenters. The molecule has 7 heteroatoms. The van der Waals surface area contributed by atoms with Gasteiger partial charge in [-0.25, -0.2) is 0 Å². The smallest absolute Gasteiger partial charge is 0.316 e. The van der Waals surface area contributed by atoms with Crippen LogP contribution in [0.1, 0.15) is 26.7 Å². The molecule has 2 aromatic rings. The van der Waals surface area contributed by atoms with Crippen molar-refractivity contribution >= 4 is 23.5 Å². The largest absolute Gasteiger partial charge is 0.403 e. The first-order chi connectivity index (χ1) is 11.5. The van der Waals surface area contributed by atoms with Gasteiger partial charge in [-0.05, 0) is 51.0 Å². The molecular weight excluding hydrogens is 328 g/mol. The van der Waals surface area contributed by atoms with Crippen molar-refractivity contribution in [3.05, 3.63) is 29.3 Å². The highest BCUT2D eigenvalue weighted by atomic mass is 35.5. The number of anilines is 1. The Labute approximate surface area is 145 Å². The van der Waals surface area contributed by atoms with Gasteiger partial charge >= 0.3 is 6.01 Å². The molecule has 1 amide bonds. The number of hydrogen-bond donors (Lipinski definition) is 1. The molecule has 0 unspecified atom stereocenters. The lowest BCUT2D eigenvalue weighted by Crippen LogP contribution is -2.61. The van der Waals surface area contributed by atoms with Gasteiger partial charge in [0.15, 0.2) is 0 Å². The quantitative estimate of drug-likeness (QED) is 0.920. The van der Waals surface area contributed by atoms with Crippen molar-refractivity contribution in [2.24, 2.45) is 5.41 Å². The first-order valence-electron chi connectivity index (χ1n) is 8.15. The van der Waals surface area contributed by atoms with Crippen LogP contribution in [0.25, 0.3) is 11.5 Å². The molecule has 0 bridgehead atoms. The molecule has 2 fully saturated rings. The van der Waals surface area contributed by atoms with Crippen LogP contribution in [0, 0.1) is 5.41 Å². The number of rotatable bonds is 4. The van der Waals surface area contributed by atoms with E-state index in [4.69, 9.17) is 16.0 Å². The molecule has 4 rings (SSSR count). The normalized spacial score (nSPS) is 22.1. The Bertz CT molecular complexity index is 769. The fraction of sp³-hybridized carbons (Fsp3) is 0.471. The summed E-state index contributed by atoms with van der Waals surface area (Å²) in [7, 11) is 0. The van der Waals surface area contributed by atoms with Crippen molar-refractivity contribution in [2.45, 2.75) is 38.8 Å². The summed E-state index contributed by atoms with van der Waals surface area (Å²) in [5.41, 5.74) is 1.20. The summed E-state index contributed by atoms with van der Waals surface area (Å²) in [4.78, 5) is 14.5. The van der Waals surface area contributed by atoms with Crippen LogP contribution in [-0.4, -0.2) is 39.6 Å². The Morgan fingerprint density at radius 3 is 2.71 bits per heavy atom. The van der Waals surface area contributed by atoms with Gasteiger partial charge in [-0.2, -0.15) is 0 Å². The topological polar surface area (TPSA) is 71.3 Å². The molecule has 0 radical (unpaired) electrons. The highest BCUT2D eigenvalue weighted by molar-refractivity contribution is 6.30. The average Bonchev–Trinajstić information content (AvgIpc) is 3.28. The highest BCUT2D eigenvalue weighted by Crippen LogP contribution is 2.57. The second-order valence-corrected chi connectivity index (χ2v) is 7.23. The lowest BCUT2D eigenvalue weighted by Gasteiger charge is -2.48. The summed E-state index contributed by atoms with van der Waals surface area (Å²) < 4.78 is 5.59. The lowest BCUT2D eigenvalue weighted by molar-refractivity contribution is -0.145. The molecule has 1 aliphatic carbocycles. The van der Waals surface area contributed by atoms with Gasteiger partial charge in [0.1, 0.15) is 6.04 Å². The third-order valence-corrected chi connectivity index (χ3v) is 5.49. The number of nitrogens with zero attached hydrogens (tertiary/aromatic N) is 3. The van der Waals surface area contributed by atoms with Gasteiger partial charge in [-0.1, -0.05) is 16.7 Å². The number of amides is 1. The summed E-state index contributed by atoms with van der Waals surface area (Å²) in [5, 5.41) is 11.6. The second kappa shape index (κ2) is 5.48. The van der Waals surface area contributed by atoms with Crippen LogP contribution >= 0.6 is 11.6 Å². The zero-order chi connectivity index (χ0) is 16.9. The fourth-order valence-electron chi connectivity index (χ4n) is 3.32. The van der Waals surface area contributed by atoms with Crippen molar-refractivity contribution in [3.63, 3.8) is 0 Å². The van der Waals surface area contributed by atoms with Crippen LogP contribution in [0.5, 0.6) is 0 Å². The first kappa shape index (κ1) is 15.4. The van der Waals surface area contributed by atoms with E-state index in [1.807, 2.05) is 24.0 Å². The van der Waals surface area contributed by atoms with Crippen LogP contribution in [0.2, 0.25) is 5.02 Å². The summed E-state index contributed by atoms with van der Waals surface area (Å²) in [6.07, 6.45) is 2.49. The second-order valence-electron chi connectivity index (χ2n) is 6.79. The third-order valence-electron chi connectivity index (χ3n) is 5.24. The number of benzene rings is 1. The lowest BCUT2D eigenvalue weighted by atomic mass is 9.86. The van der Waals surface area contributed by atoms with E-state index in [-0.39, 0.29) is 11.9 Å².